The van der Waals surface area contributed by atoms with Crippen LogP contribution in [0.15, 0.2) is 64.1 Å². The summed E-state index contributed by atoms with van der Waals surface area (Å²) in [5.41, 5.74) is 1.03. The van der Waals surface area contributed by atoms with Crippen molar-refractivity contribution < 1.29 is 23.6 Å². The highest BCUT2D eigenvalue weighted by atomic mass is 32.1. The van der Waals surface area contributed by atoms with E-state index in [1.165, 1.54) is 29.7 Å². The molecule has 174 valence electrons. The molecular weight excluding hydrogens is 460 g/mol. The summed E-state index contributed by atoms with van der Waals surface area (Å²) in [6, 6.07) is 14.7. The fraction of sp³-hybridized carbons (Fsp3) is 0.174. The topological polar surface area (TPSA) is 120 Å². The summed E-state index contributed by atoms with van der Waals surface area (Å²) < 4.78 is 16.8. The molecule has 0 radical (unpaired) electrons. The monoisotopic (exact) mass is 480 g/mol. The average Bonchev–Trinajstić information content (AvgIpc) is 3.46. The molecule has 4 rings (SSSR count). The maximum Gasteiger partial charge on any atom is 0.433 e. The fourth-order valence-electron chi connectivity index (χ4n) is 2.99. The van der Waals surface area contributed by atoms with Gasteiger partial charge in [-0.2, -0.15) is 10.1 Å². The van der Waals surface area contributed by atoms with E-state index < -0.39 is 16.7 Å². The molecule has 0 spiro atoms. The van der Waals surface area contributed by atoms with Gasteiger partial charge in [-0.3, -0.25) is 14.9 Å². The van der Waals surface area contributed by atoms with Gasteiger partial charge in [0.25, 0.3) is 5.91 Å². The predicted octanol–water partition coefficient (Wildman–Crippen LogP) is 5.27. The van der Waals surface area contributed by atoms with Crippen LogP contribution in [0.25, 0.3) is 10.2 Å². The van der Waals surface area contributed by atoms with Gasteiger partial charge < -0.3 is 13.9 Å². The van der Waals surface area contributed by atoms with Gasteiger partial charge in [-0.1, -0.05) is 11.3 Å². The van der Waals surface area contributed by atoms with Crippen LogP contribution >= 0.6 is 11.3 Å². The van der Waals surface area contributed by atoms with E-state index in [4.69, 9.17) is 13.9 Å². The van der Waals surface area contributed by atoms with Crippen molar-refractivity contribution >= 4 is 44.7 Å². The number of furan rings is 1. The van der Waals surface area contributed by atoms with Crippen molar-refractivity contribution in [3.05, 3.63) is 76.0 Å². The smallest absolute Gasteiger partial charge is 0.433 e. The second kappa shape index (κ2) is 9.71. The number of anilines is 1. The number of nitro groups is 1. The normalized spacial score (nSPS) is 11.3. The van der Waals surface area contributed by atoms with Crippen molar-refractivity contribution in [3.8, 4) is 11.5 Å². The highest BCUT2D eigenvalue weighted by Crippen LogP contribution is 2.32. The zero-order valence-corrected chi connectivity index (χ0v) is 19.3. The Bertz CT molecular complexity index is 1360. The van der Waals surface area contributed by atoms with Crippen molar-refractivity contribution in [1.29, 1.82) is 0 Å². The number of hydrogen-bond donors (Lipinski definition) is 0. The van der Waals surface area contributed by atoms with Gasteiger partial charge in [-0.15, -0.1) is 0 Å². The van der Waals surface area contributed by atoms with Crippen molar-refractivity contribution in [2.24, 2.45) is 5.10 Å². The second-order valence-electron chi connectivity index (χ2n) is 7.32. The number of hydrazone groups is 1. The Hall–Kier alpha value is -4.25. The van der Waals surface area contributed by atoms with E-state index >= 15 is 0 Å². The molecule has 11 heteroatoms. The third-order valence-corrected chi connectivity index (χ3v) is 5.52. The second-order valence-corrected chi connectivity index (χ2v) is 8.32. The molecule has 0 N–H and O–H groups in total. The molecule has 0 aliphatic carbocycles. The van der Waals surface area contributed by atoms with E-state index in [1.54, 1.807) is 43.5 Å². The van der Waals surface area contributed by atoms with Crippen LogP contribution in [0, 0.1) is 10.1 Å². The molecule has 10 nitrogen and oxygen atoms in total. The molecule has 0 aliphatic rings. The third kappa shape index (κ3) is 5.04. The summed E-state index contributed by atoms with van der Waals surface area (Å²) in [6.45, 7) is 3.83. The first kappa shape index (κ1) is 22.9. The number of benzene rings is 2. The number of carbonyl (C=O) groups is 1. The highest BCUT2D eigenvalue weighted by molar-refractivity contribution is 7.22. The van der Waals surface area contributed by atoms with Crippen molar-refractivity contribution in [3.63, 3.8) is 0 Å². The van der Waals surface area contributed by atoms with E-state index in [0.29, 0.717) is 27.7 Å². The van der Waals surface area contributed by atoms with Crippen LogP contribution < -0.4 is 14.5 Å². The number of fused-ring (bicyclic) bond motifs is 1. The summed E-state index contributed by atoms with van der Waals surface area (Å²) in [6.07, 6.45) is 1.23. The van der Waals surface area contributed by atoms with Gasteiger partial charge in [0.05, 0.1) is 35.7 Å². The molecule has 1 amide bonds. The molecule has 0 saturated heterocycles. The summed E-state index contributed by atoms with van der Waals surface area (Å²) in [4.78, 5) is 28.2. The number of thiazole rings is 1. The molecule has 0 bridgehead atoms. The SMILES string of the molecule is COc1ccc2nc(N(/N=C/c3ccc([N+](=O)[O-])o3)C(=O)c3ccc(OC(C)C)cc3)sc2c1. The van der Waals surface area contributed by atoms with Gasteiger partial charge in [0.15, 0.2) is 5.76 Å². The maximum atomic E-state index is 13.4. The van der Waals surface area contributed by atoms with Gasteiger partial charge in [0.1, 0.15) is 16.4 Å². The molecule has 2 aromatic heterocycles. The minimum absolute atomic E-state index is 0.000238. The molecule has 0 atom stereocenters. The first-order valence-corrected chi connectivity index (χ1v) is 11.0. The van der Waals surface area contributed by atoms with Gasteiger partial charge in [-0.25, -0.2) is 4.98 Å². The zero-order chi connectivity index (χ0) is 24.2. The lowest BCUT2D eigenvalue weighted by atomic mass is 10.2. The van der Waals surface area contributed by atoms with E-state index in [-0.39, 0.29) is 11.9 Å². The predicted molar refractivity (Wildman–Crippen MR) is 128 cm³/mol. The van der Waals surface area contributed by atoms with Crippen LogP contribution in [0.4, 0.5) is 11.0 Å². The Morgan fingerprint density at radius 1 is 1.18 bits per heavy atom. The number of ether oxygens (including phenoxy) is 2. The van der Waals surface area contributed by atoms with Crippen LogP contribution in [0.2, 0.25) is 0 Å². The molecule has 0 saturated carbocycles. The first-order valence-electron chi connectivity index (χ1n) is 10.2. The Kier molecular flexibility index (Phi) is 6.55. The van der Waals surface area contributed by atoms with Crippen molar-refractivity contribution in [1.82, 2.24) is 4.98 Å². The third-order valence-electron chi connectivity index (χ3n) is 4.52. The van der Waals surface area contributed by atoms with Gasteiger partial charge in [0.2, 0.25) is 5.13 Å². The lowest BCUT2D eigenvalue weighted by molar-refractivity contribution is -0.402. The zero-order valence-electron chi connectivity index (χ0n) is 18.5. The lowest BCUT2D eigenvalue weighted by Gasteiger charge is -2.14. The lowest BCUT2D eigenvalue weighted by Crippen LogP contribution is -2.25. The molecule has 2 heterocycles. The van der Waals surface area contributed by atoms with E-state index in [0.717, 1.165) is 9.71 Å². The molecule has 4 aromatic rings. The quantitative estimate of drug-likeness (QED) is 0.191. The molecule has 0 fully saturated rings. The number of rotatable bonds is 8. The number of hydrogen-bond acceptors (Lipinski definition) is 9. The van der Waals surface area contributed by atoms with Crippen LogP contribution in [0.3, 0.4) is 0 Å². The number of aromatic nitrogens is 1. The van der Waals surface area contributed by atoms with Crippen LogP contribution in [-0.4, -0.2) is 35.2 Å². The Morgan fingerprint density at radius 3 is 2.56 bits per heavy atom. The van der Waals surface area contributed by atoms with Crippen LogP contribution in [0.5, 0.6) is 11.5 Å². The summed E-state index contributed by atoms with van der Waals surface area (Å²) in [7, 11) is 1.57. The number of nitrogens with zero attached hydrogens (tertiary/aromatic N) is 4. The van der Waals surface area contributed by atoms with E-state index in [2.05, 4.69) is 10.1 Å². The average molecular weight is 481 g/mol. The largest absolute Gasteiger partial charge is 0.497 e. The summed E-state index contributed by atoms with van der Waals surface area (Å²) in [5, 5.41) is 16.6. The van der Waals surface area contributed by atoms with Crippen molar-refractivity contribution in [2.45, 2.75) is 20.0 Å². The Labute approximate surface area is 198 Å². The highest BCUT2D eigenvalue weighted by Gasteiger charge is 2.22. The molecule has 0 aliphatic heterocycles. The Balaban J connectivity index is 1.70. The minimum atomic E-state index is -0.651. The van der Waals surface area contributed by atoms with Crippen LogP contribution in [0.1, 0.15) is 30.0 Å². The summed E-state index contributed by atoms with van der Waals surface area (Å²) in [5.74, 6) is 0.545. The van der Waals surface area contributed by atoms with Crippen molar-refractivity contribution in [2.75, 3.05) is 12.1 Å². The number of carbonyl (C=O) groups excluding carboxylic acids is 1. The van der Waals surface area contributed by atoms with Crippen LogP contribution in [-0.2, 0) is 0 Å². The maximum absolute atomic E-state index is 13.4. The molecular formula is C23H20N4O6S. The van der Waals surface area contributed by atoms with Gasteiger partial charge >= 0.3 is 5.88 Å². The first-order chi connectivity index (χ1) is 16.3. The minimum Gasteiger partial charge on any atom is -0.497 e. The fourth-order valence-corrected chi connectivity index (χ4v) is 3.94. The molecule has 2 aromatic carbocycles. The van der Waals surface area contributed by atoms with E-state index in [1.807, 2.05) is 19.9 Å². The summed E-state index contributed by atoms with van der Waals surface area (Å²) >= 11 is 1.25. The molecule has 0 unspecified atom stereocenters. The number of amides is 1. The number of methoxy groups -OCH3 is 1. The molecule has 34 heavy (non-hydrogen) atoms. The standard InChI is InChI=1S/C23H20N4O6S/c1-14(2)32-16-6-4-15(5-7-16)22(28)26(24-13-18-9-11-21(33-18)27(29)30)23-25-19-10-8-17(31-3)12-20(19)34-23/h4-14H,1-3H3/b24-13+. The Morgan fingerprint density at radius 2 is 1.91 bits per heavy atom. The van der Waals surface area contributed by atoms with E-state index in [9.17, 15) is 14.9 Å². The van der Waals surface area contributed by atoms with Gasteiger partial charge in [-0.05, 0) is 62.4 Å². The van der Waals surface area contributed by atoms with Gasteiger partial charge in [0, 0.05) is 5.56 Å².